The number of aryl methyl sites for hydroxylation is 2. The summed E-state index contributed by atoms with van der Waals surface area (Å²) in [6.45, 7) is 3.98. The number of thioether (sulfide) groups is 1. The lowest BCUT2D eigenvalue weighted by Crippen LogP contribution is -2.04. The largest absolute Gasteiger partial charge is 0.416 e. The van der Waals surface area contributed by atoms with E-state index in [1.54, 1.807) is 11.3 Å². The second-order valence-electron chi connectivity index (χ2n) is 6.23. The minimum absolute atomic E-state index is 0.0899. The maximum atomic E-state index is 12.9. The first-order chi connectivity index (χ1) is 13.7. The zero-order chi connectivity index (χ0) is 20.8. The fraction of sp³-hybridized carbons (Fsp3) is 0.222. The normalized spacial score (nSPS) is 12.0. The second kappa shape index (κ2) is 7.30. The van der Waals surface area contributed by atoms with E-state index in [9.17, 15) is 13.2 Å². The van der Waals surface area contributed by atoms with Gasteiger partial charge in [-0.25, -0.2) is 9.97 Å². The van der Waals surface area contributed by atoms with Gasteiger partial charge in [0, 0.05) is 10.4 Å². The summed E-state index contributed by atoms with van der Waals surface area (Å²) >= 11 is 2.81. The number of nitrogens with zero attached hydrogens (tertiary/aromatic N) is 4. The third kappa shape index (κ3) is 3.92. The van der Waals surface area contributed by atoms with E-state index in [-0.39, 0.29) is 23.0 Å². The lowest BCUT2D eigenvalue weighted by molar-refractivity contribution is -0.137. The molecule has 0 saturated carbocycles. The number of halogens is 3. The Kier molecular flexibility index (Phi) is 4.95. The highest BCUT2D eigenvalue weighted by molar-refractivity contribution is 7.98. The lowest BCUT2D eigenvalue weighted by atomic mass is 10.1. The van der Waals surface area contributed by atoms with Gasteiger partial charge in [0.1, 0.15) is 10.6 Å². The molecule has 0 aliphatic carbocycles. The molecule has 1 aromatic carbocycles. The molecule has 4 rings (SSSR count). The average Bonchev–Trinajstić information content (AvgIpc) is 3.25. The fourth-order valence-electron chi connectivity index (χ4n) is 2.72. The first kappa shape index (κ1) is 19.6. The van der Waals surface area contributed by atoms with E-state index in [0.717, 1.165) is 32.8 Å². The van der Waals surface area contributed by atoms with Gasteiger partial charge in [-0.3, -0.25) is 0 Å². The van der Waals surface area contributed by atoms with Crippen LogP contribution in [0.25, 0.3) is 21.6 Å². The molecule has 11 heteroatoms. The van der Waals surface area contributed by atoms with Crippen molar-refractivity contribution in [1.82, 2.24) is 20.1 Å². The number of hydrogen-bond donors (Lipinski definition) is 1. The first-order valence-electron chi connectivity index (χ1n) is 8.38. The minimum atomic E-state index is -4.44. The van der Waals surface area contributed by atoms with Crippen LogP contribution in [0.2, 0.25) is 0 Å². The van der Waals surface area contributed by atoms with Gasteiger partial charge in [-0.05, 0) is 31.5 Å². The molecule has 0 aliphatic heterocycles. The van der Waals surface area contributed by atoms with E-state index < -0.39 is 11.7 Å². The number of fused-ring (bicyclic) bond motifs is 1. The van der Waals surface area contributed by atoms with Crippen molar-refractivity contribution >= 4 is 39.1 Å². The molecule has 150 valence electrons. The summed E-state index contributed by atoms with van der Waals surface area (Å²) in [7, 11) is 0. The van der Waals surface area contributed by atoms with Crippen molar-refractivity contribution in [2.75, 3.05) is 5.73 Å². The zero-order valence-corrected chi connectivity index (χ0v) is 16.9. The number of alkyl halides is 3. The van der Waals surface area contributed by atoms with Crippen LogP contribution in [0.5, 0.6) is 0 Å². The van der Waals surface area contributed by atoms with Crippen molar-refractivity contribution < 1.29 is 17.7 Å². The van der Waals surface area contributed by atoms with Crippen LogP contribution < -0.4 is 5.73 Å². The molecule has 3 aromatic heterocycles. The van der Waals surface area contributed by atoms with Crippen LogP contribution in [-0.2, 0) is 11.9 Å². The van der Waals surface area contributed by atoms with E-state index in [1.165, 1.54) is 23.9 Å². The van der Waals surface area contributed by atoms with Gasteiger partial charge in [-0.1, -0.05) is 29.1 Å². The molecule has 0 spiro atoms. The maximum Gasteiger partial charge on any atom is 0.416 e. The standard InChI is InChI=1S/C18H14F3N5OS2/c1-8-9(2)29-16-13(8)14(22)24-17(25-16)28-7-12-23-15(26-27-12)10-4-3-5-11(6-10)18(19,20)21/h3-6H,7H2,1-2H3,(H2,22,24,25). The van der Waals surface area contributed by atoms with Crippen molar-refractivity contribution in [1.29, 1.82) is 0 Å². The third-order valence-electron chi connectivity index (χ3n) is 4.28. The Hall–Kier alpha value is -2.66. The fourth-order valence-corrected chi connectivity index (χ4v) is 4.50. The van der Waals surface area contributed by atoms with Gasteiger partial charge in [-0.2, -0.15) is 18.2 Å². The quantitative estimate of drug-likeness (QED) is 0.344. The number of hydrogen-bond acceptors (Lipinski definition) is 8. The maximum absolute atomic E-state index is 12.9. The van der Waals surface area contributed by atoms with E-state index in [1.807, 2.05) is 13.8 Å². The Bertz CT molecular complexity index is 1200. The number of benzene rings is 1. The Morgan fingerprint density at radius 3 is 2.72 bits per heavy atom. The second-order valence-corrected chi connectivity index (χ2v) is 8.38. The molecule has 0 aliphatic rings. The summed E-state index contributed by atoms with van der Waals surface area (Å²) in [6.07, 6.45) is -4.44. The number of anilines is 1. The summed E-state index contributed by atoms with van der Waals surface area (Å²) in [4.78, 5) is 14.9. The van der Waals surface area contributed by atoms with Crippen LogP contribution in [0.15, 0.2) is 33.9 Å². The number of rotatable bonds is 4. The van der Waals surface area contributed by atoms with E-state index in [0.29, 0.717) is 11.0 Å². The van der Waals surface area contributed by atoms with Gasteiger partial charge in [0.05, 0.1) is 16.7 Å². The molecule has 0 saturated heterocycles. The Labute approximate surface area is 171 Å². The molecule has 29 heavy (non-hydrogen) atoms. The van der Waals surface area contributed by atoms with Gasteiger partial charge in [0.2, 0.25) is 11.7 Å². The molecule has 4 aromatic rings. The van der Waals surface area contributed by atoms with Gasteiger partial charge < -0.3 is 10.3 Å². The SMILES string of the molecule is Cc1sc2nc(SCc3nc(-c4cccc(C(F)(F)F)c4)no3)nc(N)c2c1C. The van der Waals surface area contributed by atoms with Gasteiger partial charge in [0.15, 0.2) is 5.16 Å². The van der Waals surface area contributed by atoms with E-state index in [2.05, 4.69) is 20.1 Å². The van der Waals surface area contributed by atoms with Crippen LogP contribution in [0.4, 0.5) is 19.0 Å². The van der Waals surface area contributed by atoms with Crippen LogP contribution >= 0.6 is 23.1 Å². The highest BCUT2D eigenvalue weighted by Gasteiger charge is 2.30. The molecule has 0 unspecified atom stereocenters. The van der Waals surface area contributed by atoms with Crippen molar-refractivity contribution in [3.05, 3.63) is 46.2 Å². The summed E-state index contributed by atoms with van der Waals surface area (Å²) < 4.78 is 43.8. The molecular formula is C18H14F3N5OS2. The van der Waals surface area contributed by atoms with Crippen molar-refractivity contribution in [2.24, 2.45) is 0 Å². The van der Waals surface area contributed by atoms with Gasteiger partial charge in [-0.15, -0.1) is 11.3 Å². The topological polar surface area (TPSA) is 90.7 Å². The van der Waals surface area contributed by atoms with E-state index in [4.69, 9.17) is 10.3 Å². The van der Waals surface area contributed by atoms with Crippen molar-refractivity contribution in [2.45, 2.75) is 30.9 Å². The smallest absolute Gasteiger partial charge is 0.383 e. The van der Waals surface area contributed by atoms with Crippen molar-refractivity contribution in [3.8, 4) is 11.4 Å². The number of aromatic nitrogens is 4. The Morgan fingerprint density at radius 1 is 1.17 bits per heavy atom. The lowest BCUT2D eigenvalue weighted by Gasteiger charge is -2.06. The van der Waals surface area contributed by atoms with Crippen LogP contribution in [0.1, 0.15) is 21.9 Å². The van der Waals surface area contributed by atoms with Gasteiger partial charge in [0.25, 0.3) is 0 Å². The summed E-state index contributed by atoms with van der Waals surface area (Å²) in [5, 5.41) is 5.10. The van der Waals surface area contributed by atoms with Crippen LogP contribution in [0.3, 0.4) is 0 Å². The predicted molar refractivity (Wildman–Crippen MR) is 106 cm³/mol. The van der Waals surface area contributed by atoms with Gasteiger partial charge >= 0.3 is 6.18 Å². The summed E-state index contributed by atoms with van der Waals surface area (Å²) in [6, 6.07) is 4.78. The summed E-state index contributed by atoms with van der Waals surface area (Å²) in [5.74, 6) is 1.02. The summed E-state index contributed by atoms with van der Waals surface area (Å²) in [5.41, 5.74) is 6.60. The minimum Gasteiger partial charge on any atom is -0.383 e. The number of thiophene rings is 1. The third-order valence-corrected chi connectivity index (χ3v) is 6.21. The monoisotopic (exact) mass is 437 g/mol. The first-order valence-corrected chi connectivity index (χ1v) is 10.2. The highest BCUT2D eigenvalue weighted by Crippen LogP contribution is 2.34. The predicted octanol–water partition coefficient (Wildman–Crippen LogP) is 5.25. The number of nitrogen functional groups attached to an aromatic ring is 1. The van der Waals surface area contributed by atoms with Crippen LogP contribution in [0, 0.1) is 13.8 Å². The molecule has 0 amide bonds. The molecule has 2 N–H and O–H groups in total. The van der Waals surface area contributed by atoms with Crippen molar-refractivity contribution in [3.63, 3.8) is 0 Å². The highest BCUT2D eigenvalue weighted by atomic mass is 32.2. The molecule has 0 radical (unpaired) electrons. The zero-order valence-electron chi connectivity index (χ0n) is 15.2. The molecule has 0 bridgehead atoms. The molecule has 0 fully saturated rings. The molecule has 0 atom stereocenters. The molecular weight excluding hydrogens is 423 g/mol. The number of nitrogens with two attached hydrogens (primary N) is 1. The average molecular weight is 437 g/mol. The molecule has 3 heterocycles. The molecule has 6 nitrogen and oxygen atoms in total. The van der Waals surface area contributed by atoms with Crippen LogP contribution in [-0.4, -0.2) is 20.1 Å². The Balaban J connectivity index is 1.53. The Morgan fingerprint density at radius 2 is 1.97 bits per heavy atom. The van der Waals surface area contributed by atoms with E-state index >= 15 is 0 Å².